The van der Waals surface area contributed by atoms with Crippen LogP contribution in [0.3, 0.4) is 0 Å². The molecule has 0 aliphatic heterocycles. The minimum absolute atomic E-state index is 0.0796. The van der Waals surface area contributed by atoms with Gasteiger partial charge in [-0.2, -0.15) is 0 Å². The maximum Gasteiger partial charge on any atom is 0.193 e. The molecule has 134 valence electrons. The Hall–Kier alpha value is -1.93. The monoisotopic (exact) mass is 338 g/mol. The third-order valence-electron chi connectivity index (χ3n) is 4.65. The van der Waals surface area contributed by atoms with Crippen molar-refractivity contribution in [1.29, 1.82) is 0 Å². The molecule has 0 saturated heterocycles. The van der Waals surface area contributed by atoms with Crippen LogP contribution in [-0.2, 0) is 11.2 Å². The van der Waals surface area contributed by atoms with E-state index in [9.17, 15) is 4.79 Å². The Labute approximate surface area is 152 Å². The van der Waals surface area contributed by atoms with Gasteiger partial charge in [0.2, 0.25) is 0 Å². The van der Waals surface area contributed by atoms with Crippen molar-refractivity contribution in [2.24, 2.45) is 0 Å². The summed E-state index contributed by atoms with van der Waals surface area (Å²) in [6.45, 7) is 2.24. The summed E-state index contributed by atoms with van der Waals surface area (Å²) in [6, 6.07) is 17.4. The van der Waals surface area contributed by atoms with Crippen LogP contribution in [0.15, 0.2) is 54.6 Å². The van der Waals surface area contributed by atoms with Gasteiger partial charge in [0.1, 0.15) is 0 Å². The molecule has 0 bridgehead atoms. The summed E-state index contributed by atoms with van der Waals surface area (Å²) in [5.74, 6) is 0.0796. The molecule has 0 N–H and O–H groups in total. The van der Waals surface area contributed by atoms with Gasteiger partial charge >= 0.3 is 0 Å². The number of methoxy groups -OCH3 is 1. The van der Waals surface area contributed by atoms with E-state index >= 15 is 0 Å². The van der Waals surface area contributed by atoms with E-state index in [1.807, 2.05) is 48.5 Å². The molecule has 0 heterocycles. The zero-order valence-corrected chi connectivity index (χ0v) is 15.5. The summed E-state index contributed by atoms with van der Waals surface area (Å²) >= 11 is 0. The Morgan fingerprint density at radius 3 is 2.36 bits per heavy atom. The third kappa shape index (κ3) is 6.47. The zero-order chi connectivity index (χ0) is 17.9. The van der Waals surface area contributed by atoms with Gasteiger partial charge in [-0.05, 0) is 24.5 Å². The summed E-state index contributed by atoms with van der Waals surface area (Å²) in [7, 11) is 1.79. The number of hydrogen-bond donors (Lipinski definition) is 0. The Morgan fingerprint density at radius 1 is 0.920 bits per heavy atom. The van der Waals surface area contributed by atoms with E-state index in [0.29, 0.717) is 0 Å². The van der Waals surface area contributed by atoms with Crippen molar-refractivity contribution >= 4 is 5.78 Å². The topological polar surface area (TPSA) is 26.3 Å². The molecule has 1 atom stereocenters. The highest BCUT2D eigenvalue weighted by molar-refractivity contribution is 6.09. The lowest BCUT2D eigenvalue weighted by molar-refractivity contribution is 0.0929. The second-order valence-corrected chi connectivity index (χ2v) is 6.66. The Balaban J connectivity index is 1.94. The van der Waals surface area contributed by atoms with E-state index in [1.54, 1.807) is 7.11 Å². The number of unbranched alkanes of at least 4 members (excludes halogenated alkanes) is 4. The summed E-state index contributed by atoms with van der Waals surface area (Å²) in [5, 5.41) is 0. The quantitative estimate of drug-likeness (QED) is 0.380. The second-order valence-electron chi connectivity index (χ2n) is 6.66. The van der Waals surface area contributed by atoms with Gasteiger partial charge in [-0.25, -0.2) is 0 Å². The van der Waals surface area contributed by atoms with Gasteiger partial charge in [-0.1, -0.05) is 87.6 Å². The van der Waals surface area contributed by atoms with Crippen molar-refractivity contribution in [1.82, 2.24) is 0 Å². The largest absolute Gasteiger partial charge is 0.381 e. The molecule has 0 saturated carbocycles. The minimum Gasteiger partial charge on any atom is -0.381 e. The first-order chi connectivity index (χ1) is 12.2. The van der Waals surface area contributed by atoms with Crippen LogP contribution in [0.1, 0.15) is 66.9 Å². The Bertz CT molecular complexity index is 634. The van der Waals surface area contributed by atoms with Crippen molar-refractivity contribution in [3.05, 3.63) is 71.3 Å². The van der Waals surface area contributed by atoms with Crippen molar-refractivity contribution in [2.45, 2.75) is 58.0 Å². The van der Waals surface area contributed by atoms with Gasteiger partial charge in [-0.15, -0.1) is 0 Å². The molecule has 0 aliphatic carbocycles. The fourth-order valence-corrected chi connectivity index (χ4v) is 3.14. The summed E-state index contributed by atoms with van der Waals surface area (Å²) in [6.07, 6.45) is 8.56. The van der Waals surface area contributed by atoms with Gasteiger partial charge < -0.3 is 4.74 Å². The average molecular weight is 338 g/mol. The van der Waals surface area contributed by atoms with Crippen LogP contribution in [0.25, 0.3) is 0 Å². The molecule has 0 spiro atoms. The van der Waals surface area contributed by atoms with E-state index < -0.39 is 0 Å². The third-order valence-corrected chi connectivity index (χ3v) is 4.65. The van der Waals surface area contributed by atoms with Crippen molar-refractivity contribution in [2.75, 3.05) is 7.11 Å². The molecule has 1 unspecified atom stereocenters. The molecular weight excluding hydrogens is 308 g/mol. The Morgan fingerprint density at radius 2 is 1.64 bits per heavy atom. The number of rotatable bonds is 11. The second kappa shape index (κ2) is 10.8. The van der Waals surface area contributed by atoms with Crippen LogP contribution in [0.5, 0.6) is 0 Å². The molecule has 0 radical (unpaired) electrons. The molecule has 2 rings (SSSR count). The predicted molar refractivity (Wildman–Crippen MR) is 104 cm³/mol. The number of carbonyl (C=O) groups excluding carboxylic acids is 1. The summed E-state index contributed by atoms with van der Waals surface area (Å²) in [4.78, 5) is 12.6. The fraction of sp³-hybridized carbons (Fsp3) is 0.435. The molecule has 25 heavy (non-hydrogen) atoms. The van der Waals surface area contributed by atoms with Crippen molar-refractivity contribution in [3.63, 3.8) is 0 Å². The smallest absolute Gasteiger partial charge is 0.193 e. The van der Waals surface area contributed by atoms with Crippen molar-refractivity contribution in [3.8, 4) is 0 Å². The molecule has 2 aromatic carbocycles. The first-order valence-corrected chi connectivity index (χ1v) is 9.46. The van der Waals surface area contributed by atoms with Gasteiger partial charge in [0.05, 0.1) is 6.10 Å². The predicted octanol–water partition coefficient (Wildman–Crippen LogP) is 5.84. The van der Waals surface area contributed by atoms with E-state index in [0.717, 1.165) is 24.0 Å². The van der Waals surface area contributed by atoms with Crippen LogP contribution in [0.4, 0.5) is 0 Å². The number of hydrogen-bond acceptors (Lipinski definition) is 2. The first kappa shape index (κ1) is 19.4. The normalized spacial score (nSPS) is 12.1. The molecule has 0 amide bonds. The number of ketones is 1. The Kier molecular flexibility index (Phi) is 8.41. The number of ether oxygens (including phenoxy) is 1. The van der Waals surface area contributed by atoms with Crippen LogP contribution >= 0.6 is 0 Å². The average Bonchev–Trinajstić information content (AvgIpc) is 2.67. The highest BCUT2D eigenvalue weighted by Gasteiger charge is 2.12. The van der Waals surface area contributed by atoms with Crippen LogP contribution in [0.2, 0.25) is 0 Å². The van der Waals surface area contributed by atoms with Gasteiger partial charge in [0, 0.05) is 18.2 Å². The van der Waals surface area contributed by atoms with E-state index in [2.05, 4.69) is 13.0 Å². The van der Waals surface area contributed by atoms with E-state index in [4.69, 9.17) is 4.74 Å². The number of carbonyl (C=O) groups is 1. The van der Waals surface area contributed by atoms with Crippen LogP contribution in [-0.4, -0.2) is 19.0 Å². The molecule has 0 aromatic heterocycles. The standard InChI is InChI=1S/C23H30O2/c1-3-4-5-6-10-16-22(25-2)18-19-12-11-15-21(17-19)23(24)20-13-8-7-9-14-20/h7-9,11-15,17,22H,3-6,10,16,18H2,1-2H3. The lowest BCUT2D eigenvalue weighted by atomic mass is 9.97. The molecule has 0 aliphatic rings. The van der Waals surface area contributed by atoms with Gasteiger partial charge in [-0.3, -0.25) is 4.79 Å². The molecule has 2 aromatic rings. The van der Waals surface area contributed by atoms with Gasteiger partial charge in [0.25, 0.3) is 0 Å². The first-order valence-electron chi connectivity index (χ1n) is 9.46. The molecular formula is C23H30O2. The molecule has 2 nitrogen and oxygen atoms in total. The van der Waals surface area contributed by atoms with Crippen LogP contribution in [0, 0.1) is 0 Å². The highest BCUT2D eigenvalue weighted by atomic mass is 16.5. The van der Waals surface area contributed by atoms with Gasteiger partial charge in [0.15, 0.2) is 5.78 Å². The van der Waals surface area contributed by atoms with E-state index in [1.165, 1.54) is 37.7 Å². The highest BCUT2D eigenvalue weighted by Crippen LogP contribution is 2.17. The fourth-order valence-electron chi connectivity index (χ4n) is 3.14. The number of benzene rings is 2. The summed E-state index contributed by atoms with van der Waals surface area (Å²) in [5.41, 5.74) is 2.66. The van der Waals surface area contributed by atoms with Crippen LogP contribution < -0.4 is 0 Å². The maximum absolute atomic E-state index is 12.6. The van der Waals surface area contributed by atoms with Crippen molar-refractivity contribution < 1.29 is 9.53 Å². The minimum atomic E-state index is 0.0796. The SMILES string of the molecule is CCCCCCCC(Cc1cccc(C(=O)c2ccccc2)c1)OC. The van der Waals surface area contributed by atoms with E-state index in [-0.39, 0.29) is 11.9 Å². The summed E-state index contributed by atoms with van der Waals surface area (Å²) < 4.78 is 5.66. The molecule has 2 heteroatoms. The lowest BCUT2D eigenvalue weighted by Gasteiger charge is -2.16. The zero-order valence-electron chi connectivity index (χ0n) is 15.5. The lowest BCUT2D eigenvalue weighted by Crippen LogP contribution is -2.14. The maximum atomic E-state index is 12.6. The molecule has 0 fully saturated rings.